The van der Waals surface area contributed by atoms with E-state index in [1.54, 1.807) is 35.9 Å². The molecule has 1 aromatic heterocycles. The SMILES string of the molecule is COc1cccc(-c2cn(C(=O)[C@H]3CCCN3S(=O)(=O)c3ccc(C)cc3)c3ccccc23)c1. The highest BCUT2D eigenvalue weighted by Gasteiger charge is 2.40. The Kier molecular flexibility index (Phi) is 5.75. The molecule has 34 heavy (non-hydrogen) atoms. The number of methoxy groups -OCH3 is 1. The highest BCUT2D eigenvalue weighted by Crippen LogP contribution is 2.34. The number of para-hydroxylation sites is 1. The van der Waals surface area contributed by atoms with Crippen LogP contribution in [-0.2, 0) is 10.0 Å². The Morgan fingerprint density at radius 1 is 1.00 bits per heavy atom. The van der Waals surface area contributed by atoms with Crippen LogP contribution in [0.4, 0.5) is 0 Å². The summed E-state index contributed by atoms with van der Waals surface area (Å²) in [6, 6.07) is 21.4. The van der Waals surface area contributed by atoms with E-state index in [9.17, 15) is 13.2 Å². The van der Waals surface area contributed by atoms with Crippen molar-refractivity contribution in [3.8, 4) is 16.9 Å². The molecule has 0 spiro atoms. The number of nitrogens with zero attached hydrogens (tertiary/aromatic N) is 2. The summed E-state index contributed by atoms with van der Waals surface area (Å²) in [7, 11) is -2.16. The zero-order valence-corrected chi connectivity index (χ0v) is 20.0. The maximum atomic E-state index is 13.8. The molecule has 7 heteroatoms. The van der Waals surface area contributed by atoms with E-state index in [-0.39, 0.29) is 10.8 Å². The van der Waals surface area contributed by atoms with Crippen molar-refractivity contribution < 1.29 is 17.9 Å². The van der Waals surface area contributed by atoms with Crippen LogP contribution < -0.4 is 4.74 Å². The summed E-state index contributed by atoms with van der Waals surface area (Å²) in [5, 5.41) is 0.926. The van der Waals surface area contributed by atoms with Crippen molar-refractivity contribution in [2.24, 2.45) is 0 Å². The minimum absolute atomic E-state index is 0.215. The lowest BCUT2D eigenvalue weighted by atomic mass is 10.0. The number of hydrogen-bond donors (Lipinski definition) is 0. The highest BCUT2D eigenvalue weighted by molar-refractivity contribution is 7.89. The monoisotopic (exact) mass is 474 g/mol. The molecule has 6 nitrogen and oxygen atoms in total. The maximum absolute atomic E-state index is 13.8. The largest absolute Gasteiger partial charge is 0.497 e. The molecule has 0 amide bonds. The van der Waals surface area contributed by atoms with Crippen molar-refractivity contribution >= 4 is 26.8 Å². The van der Waals surface area contributed by atoms with Crippen molar-refractivity contribution in [1.29, 1.82) is 0 Å². The second-order valence-corrected chi connectivity index (χ2v) is 10.5. The summed E-state index contributed by atoms with van der Waals surface area (Å²) in [6.45, 7) is 2.24. The Hall–Kier alpha value is -3.42. The standard InChI is InChI=1S/C27H26N2O4S/c1-19-12-14-22(15-13-19)34(31,32)29-16-6-11-26(29)27(30)28-18-24(23-9-3-4-10-25(23)28)20-7-5-8-21(17-20)33-2/h3-5,7-10,12-15,17-18,26H,6,11,16H2,1-2H3/t26-/m1/s1. The van der Waals surface area contributed by atoms with Crippen LogP contribution >= 0.6 is 0 Å². The molecule has 1 atom stereocenters. The molecule has 1 fully saturated rings. The Morgan fingerprint density at radius 2 is 1.76 bits per heavy atom. The molecule has 4 aromatic rings. The van der Waals surface area contributed by atoms with Crippen LogP contribution in [0.15, 0.2) is 83.9 Å². The molecule has 0 bridgehead atoms. The molecular weight excluding hydrogens is 448 g/mol. The summed E-state index contributed by atoms with van der Waals surface area (Å²) in [5.41, 5.74) is 3.56. The van der Waals surface area contributed by atoms with Gasteiger partial charge in [-0.15, -0.1) is 0 Å². The first kappa shape index (κ1) is 22.4. The molecule has 1 aliphatic heterocycles. The van der Waals surface area contributed by atoms with E-state index in [0.29, 0.717) is 19.4 Å². The van der Waals surface area contributed by atoms with Crippen LogP contribution in [0.25, 0.3) is 22.0 Å². The van der Waals surface area contributed by atoms with Crippen LogP contribution in [0.1, 0.15) is 23.2 Å². The number of fused-ring (bicyclic) bond motifs is 1. The van der Waals surface area contributed by atoms with Gasteiger partial charge >= 0.3 is 0 Å². The minimum Gasteiger partial charge on any atom is -0.497 e. The van der Waals surface area contributed by atoms with Gasteiger partial charge in [-0.25, -0.2) is 8.42 Å². The summed E-state index contributed by atoms with van der Waals surface area (Å²) in [6.07, 6.45) is 2.95. The molecule has 174 valence electrons. The summed E-state index contributed by atoms with van der Waals surface area (Å²) < 4.78 is 35.2. The maximum Gasteiger partial charge on any atom is 0.249 e. The first-order chi connectivity index (χ1) is 16.4. The molecular formula is C27H26N2O4S. The van der Waals surface area contributed by atoms with E-state index in [1.165, 1.54) is 4.31 Å². The van der Waals surface area contributed by atoms with Gasteiger partial charge in [-0.3, -0.25) is 9.36 Å². The number of rotatable bonds is 5. The summed E-state index contributed by atoms with van der Waals surface area (Å²) in [5.74, 6) is 0.491. The smallest absolute Gasteiger partial charge is 0.249 e. The summed E-state index contributed by atoms with van der Waals surface area (Å²) in [4.78, 5) is 14.0. The van der Waals surface area contributed by atoms with Gasteiger partial charge in [0.15, 0.2) is 0 Å². The second-order valence-electron chi connectivity index (χ2n) is 8.59. The number of benzene rings is 3. The molecule has 0 radical (unpaired) electrons. The van der Waals surface area contributed by atoms with E-state index in [2.05, 4.69) is 0 Å². The van der Waals surface area contributed by atoms with Gasteiger partial charge in [0.1, 0.15) is 11.8 Å². The van der Waals surface area contributed by atoms with Crippen molar-refractivity contribution in [2.45, 2.75) is 30.7 Å². The predicted molar refractivity (Wildman–Crippen MR) is 133 cm³/mol. The van der Waals surface area contributed by atoms with Crippen LogP contribution in [0, 0.1) is 6.92 Å². The number of carbonyl (C=O) groups is 1. The van der Waals surface area contributed by atoms with Crippen LogP contribution in [0.5, 0.6) is 5.75 Å². The van der Waals surface area contributed by atoms with Gasteiger partial charge in [-0.05, 0) is 55.7 Å². The lowest BCUT2D eigenvalue weighted by Crippen LogP contribution is -2.42. The molecule has 0 N–H and O–H groups in total. The van der Waals surface area contributed by atoms with E-state index in [0.717, 1.165) is 33.3 Å². The predicted octanol–water partition coefficient (Wildman–Crippen LogP) is 5.12. The lowest BCUT2D eigenvalue weighted by Gasteiger charge is -2.23. The fourth-order valence-electron chi connectivity index (χ4n) is 4.66. The van der Waals surface area contributed by atoms with Crippen LogP contribution in [-0.4, -0.2) is 42.9 Å². The zero-order valence-electron chi connectivity index (χ0n) is 19.1. The average Bonchev–Trinajstić information content (AvgIpc) is 3.50. The van der Waals surface area contributed by atoms with Crippen LogP contribution in [0.2, 0.25) is 0 Å². The van der Waals surface area contributed by atoms with Gasteiger partial charge in [0.25, 0.3) is 0 Å². The van der Waals surface area contributed by atoms with Gasteiger partial charge in [0.05, 0.1) is 17.5 Å². The van der Waals surface area contributed by atoms with Crippen molar-refractivity contribution in [2.75, 3.05) is 13.7 Å². The number of aromatic nitrogens is 1. The van der Waals surface area contributed by atoms with E-state index in [1.807, 2.05) is 61.7 Å². The summed E-state index contributed by atoms with van der Waals surface area (Å²) >= 11 is 0. The van der Waals surface area contributed by atoms with Crippen molar-refractivity contribution in [3.05, 3.63) is 84.6 Å². The van der Waals surface area contributed by atoms with E-state index < -0.39 is 16.1 Å². The molecule has 2 heterocycles. The third-order valence-corrected chi connectivity index (χ3v) is 8.37. The average molecular weight is 475 g/mol. The molecule has 0 aliphatic carbocycles. The molecule has 1 aliphatic rings. The Labute approximate surface area is 199 Å². The number of aryl methyl sites for hydroxylation is 1. The number of sulfonamides is 1. The van der Waals surface area contributed by atoms with Gasteiger partial charge in [-0.1, -0.05) is 48.0 Å². The molecule has 0 unspecified atom stereocenters. The van der Waals surface area contributed by atoms with E-state index >= 15 is 0 Å². The normalized spacial score (nSPS) is 16.7. The third-order valence-electron chi connectivity index (χ3n) is 6.45. The Morgan fingerprint density at radius 3 is 2.53 bits per heavy atom. The van der Waals surface area contributed by atoms with Gasteiger partial charge in [-0.2, -0.15) is 4.31 Å². The van der Waals surface area contributed by atoms with Crippen LogP contribution in [0.3, 0.4) is 0 Å². The first-order valence-corrected chi connectivity index (χ1v) is 12.7. The Bertz CT molecular complexity index is 1470. The van der Waals surface area contributed by atoms with Gasteiger partial charge < -0.3 is 4.74 Å². The molecule has 0 saturated carbocycles. The van der Waals surface area contributed by atoms with E-state index in [4.69, 9.17) is 4.74 Å². The second kappa shape index (κ2) is 8.74. The molecule has 5 rings (SSSR count). The molecule has 3 aromatic carbocycles. The lowest BCUT2D eigenvalue weighted by molar-refractivity contribution is 0.0838. The zero-order chi connectivity index (χ0) is 23.9. The topological polar surface area (TPSA) is 68.6 Å². The quantitative estimate of drug-likeness (QED) is 0.403. The fraction of sp³-hybridized carbons (Fsp3) is 0.222. The fourth-order valence-corrected chi connectivity index (χ4v) is 6.31. The number of hydrogen-bond acceptors (Lipinski definition) is 4. The molecule has 1 saturated heterocycles. The number of ether oxygens (including phenoxy) is 1. The van der Waals surface area contributed by atoms with Gasteiger partial charge in [0, 0.05) is 23.7 Å². The first-order valence-electron chi connectivity index (χ1n) is 11.3. The third kappa shape index (κ3) is 3.81. The Balaban J connectivity index is 1.56. The highest BCUT2D eigenvalue weighted by atomic mass is 32.2. The number of carbonyl (C=O) groups excluding carboxylic acids is 1. The van der Waals surface area contributed by atoms with Crippen molar-refractivity contribution in [3.63, 3.8) is 0 Å². The minimum atomic E-state index is -3.78. The van der Waals surface area contributed by atoms with Crippen molar-refractivity contribution in [1.82, 2.24) is 8.87 Å². The van der Waals surface area contributed by atoms with Gasteiger partial charge in [0.2, 0.25) is 15.9 Å².